The zero-order valence-corrected chi connectivity index (χ0v) is 15.4. The van der Waals surface area contributed by atoms with Crippen LogP contribution in [-0.2, 0) is 4.79 Å². The fourth-order valence-corrected chi connectivity index (χ4v) is 4.25. The van der Waals surface area contributed by atoms with Gasteiger partial charge in [0.05, 0.1) is 6.04 Å². The SMILES string of the molecule is CN(C)[C@H](CNC(=O)/C=C/c1cccs1)c1csc2ccccc12. The van der Waals surface area contributed by atoms with Crippen LogP contribution < -0.4 is 5.32 Å². The monoisotopic (exact) mass is 356 g/mol. The molecule has 0 bridgehead atoms. The summed E-state index contributed by atoms with van der Waals surface area (Å²) >= 11 is 3.37. The molecule has 1 atom stereocenters. The molecule has 0 saturated heterocycles. The van der Waals surface area contributed by atoms with Crippen LogP contribution >= 0.6 is 22.7 Å². The summed E-state index contributed by atoms with van der Waals surface area (Å²) in [7, 11) is 4.09. The minimum Gasteiger partial charge on any atom is -0.351 e. The van der Waals surface area contributed by atoms with Crippen molar-refractivity contribution in [2.24, 2.45) is 0 Å². The van der Waals surface area contributed by atoms with Gasteiger partial charge in [0.25, 0.3) is 0 Å². The van der Waals surface area contributed by atoms with E-state index < -0.39 is 0 Å². The fraction of sp³-hybridized carbons (Fsp3) is 0.211. The third-order valence-electron chi connectivity index (χ3n) is 3.91. The minimum absolute atomic E-state index is 0.0604. The number of rotatable bonds is 6. The van der Waals surface area contributed by atoms with Crippen molar-refractivity contribution in [2.75, 3.05) is 20.6 Å². The van der Waals surface area contributed by atoms with Crippen molar-refractivity contribution in [3.8, 4) is 0 Å². The molecule has 0 spiro atoms. The highest BCUT2D eigenvalue weighted by Gasteiger charge is 2.18. The van der Waals surface area contributed by atoms with Crippen LogP contribution in [-0.4, -0.2) is 31.4 Å². The molecule has 24 heavy (non-hydrogen) atoms. The average Bonchev–Trinajstić information content (AvgIpc) is 3.23. The number of fused-ring (bicyclic) bond motifs is 1. The quantitative estimate of drug-likeness (QED) is 0.664. The van der Waals surface area contributed by atoms with Gasteiger partial charge >= 0.3 is 0 Å². The van der Waals surface area contributed by atoms with E-state index in [2.05, 4.69) is 39.9 Å². The van der Waals surface area contributed by atoms with Crippen molar-refractivity contribution in [3.63, 3.8) is 0 Å². The number of carbonyl (C=O) groups is 1. The predicted octanol–water partition coefficient (Wildman–Crippen LogP) is 4.40. The summed E-state index contributed by atoms with van der Waals surface area (Å²) < 4.78 is 1.28. The molecule has 5 heteroatoms. The van der Waals surface area contributed by atoms with Crippen LogP contribution in [0.15, 0.2) is 53.2 Å². The number of amides is 1. The fourth-order valence-electron chi connectivity index (χ4n) is 2.63. The smallest absolute Gasteiger partial charge is 0.244 e. The molecule has 0 unspecified atom stereocenters. The van der Waals surface area contributed by atoms with Gasteiger partial charge in [0.2, 0.25) is 5.91 Å². The van der Waals surface area contributed by atoms with E-state index in [9.17, 15) is 4.79 Å². The molecule has 1 N–H and O–H groups in total. The van der Waals surface area contributed by atoms with E-state index in [1.807, 2.05) is 37.7 Å². The topological polar surface area (TPSA) is 32.3 Å². The molecular weight excluding hydrogens is 336 g/mol. The number of benzene rings is 1. The molecular formula is C19H20N2OS2. The first-order valence-electron chi connectivity index (χ1n) is 7.77. The number of nitrogens with zero attached hydrogens (tertiary/aromatic N) is 1. The van der Waals surface area contributed by atoms with Gasteiger partial charge in [-0.15, -0.1) is 22.7 Å². The molecule has 0 aliphatic carbocycles. The summed E-state index contributed by atoms with van der Waals surface area (Å²) in [6.07, 6.45) is 3.45. The lowest BCUT2D eigenvalue weighted by atomic mass is 10.0. The minimum atomic E-state index is -0.0604. The van der Waals surface area contributed by atoms with E-state index in [1.54, 1.807) is 28.7 Å². The summed E-state index contributed by atoms with van der Waals surface area (Å²) in [6, 6.07) is 12.5. The van der Waals surface area contributed by atoms with E-state index in [4.69, 9.17) is 0 Å². The lowest BCUT2D eigenvalue weighted by Gasteiger charge is -2.24. The maximum atomic E-state index is 12.1. The summed E-state index contributed by atoms with van der Waals surface area (Å²) in [6.45, 7) is 0.585. The Morgan fingerprint density at radius 3 is 2.79 bits per heavy atom. The Kier molecular flexibility index (Phi) is 5.45. The average molecular weight is 357 g/mol. The van der Waals surface area contributed by atoms with Crippen LogP contribution in [0.4, 0.5) is 0 Å². The number of likely N-dealkylation sites (N-methyl/N-ethyl adjacent to an activating group) is 1. The van der Waals surface area contributed by atoms with E-state index in [0.717, 1.165) is 4.88 Å². The first-order chi connectivity index (χ1) is 11.6. The van der Waals surface area contributed by atoms with Crippen molar-refractivity contribution in [1.82, 2.24) is 10.2 Å². The van der Waals surface area contributed by atoms with Crippen molar-refractivity contribution in [1.29, 1.82) is 0 Å². The van der Waals surface area contributed by atoms with E-state index >= 15 is 0 Å². The van der Waals surface area contributed by atoms with Gasteiger partial charge < -0.3 is 10.2 Å². The van der Waals surface area contributed by atoms with Gasteiger partial charge in [0, 0.05) is 22.2 Å². The zero-order chi connectivity index (χ0) is 16.9. The van der Waals surface area contributed by atoms with Gasteiger partial charge in [-0.2, -0.15) is 0 Å². The third kappa shape index (κ3) is 3.93. The van der Waals surface area contributed by atoms with Crippen LogP contribution in [0.25, 0.3) is 16.2 Å². The molecule has 0 aliphatic heterocycles. The van der Waals surface area contributed by atoms with Crippen molar-refractivity contribution < 1.29 is 4.79 Å². The molecule has 3 aromatic rings. The van der Waals surface area contributed by atoms with Crippen LogP contribution in [0.1, 0.15) is 16.5 Å². The Labute approximate surface area is 150 Å². The van der Waals surface area contributed by atoms with Crippen molar-refractivity contribution in [3.05, 3.63) is 63.7 Å². The lowest BCUT2D eigenvalue weighted by Crippen LogP contribution is -2.33. The standard InChI is InChI=1S/C19H20N2OS2/c1-21(2)17(16-13-24-18-8-4-3-7-15(16)18)12-20-19(22)10-9-14-6-5-11-23-14/h3-11,13,17H,12H2,1-2H3,(H,20,22)/b10-9+/t17-/m1/s1. The van der Waals surface area contributed by atoms with Crippen molar-refractivity contribution in [2.45, 2.75) is 6.04 Å². The molecule has 124 valence electrons. The summed E-state index contributed by atoms with van der Waals surface area (Å²) in [4.78, 5) is 15.3. The molecule has 0 radical (unpaired) electrons. The third-order valence-corrected chi connectivity index (χ3v) is 5.72. The van der Waals surface area contributed by atoms with E-state index in [1.165, 1.54) is 15.6 Å². The van der Waals surface area contributed by atoms with E-state index in [-0.39, 0.29) is 11.9 Å². The van der Waals surface area contributed by atoms with Gasteiger partial charge in [0.1, 0.15) is 0 Å². The maximum absolute atomic E-state index is 12.1. The highest BCUT2D eigenvalue weighted by atomic mass is 32.1. The second kappa shape index (κ2) is 7.75. The number of nitrogens with one attached hydrogen (secondary N) is 1. The normalized spacial score (nSPS) is 13.0. The molecule has 1 amide bonds. The predicted molar refractivity (Wildman–Crippen MR) is 105 cm³/mol. The molecule has 1 aromatic carbocycles. The Morgan fingerprint density at radius 1 is 1.21 bits per heavy atom. The van der Waals surface area contributed by atoms with Gasteiger partial charge in [-0.25, -0.2) is 0 Å². The highest BCUT2D eigenvalue weighted by molar-refractivity contribution is 7.17. The second-order valence-electron chi connectivity index (χ2n) is 5.76. The van der Waals surface area contributed by atoms with Gasteiger partial charge in [-0.1, -0.05) is 24.3 Å². The molecule has 2 aromatic heterocycles. The number of hydrogen-bond donors (Lipinski definition) is 1. The second-order valence-corrected chi connectivity index (χ2v) is 7.65. The van der Waals surface area contributed by atoms with Gasteiger partial charge in [0.15, 0.2) is 0 Å². The Hall–Kier alpha value is -1.95. The summed E-state index contributed by atoms with van der Waals surface area (Å²) in [5.41, 5.74) is 1.27. The molecule has 0 aliphatic rings. The highest BCUT2D eigenvalue weighted by Crippen LogP contribution is 2.31. The van der Waals surface area contributed by atoms with Gasteiger partial charge in [-0.3, -0.25) is 4.79 Å². The number of carbonyl (C=O) groups excluding carboxylic acids is 1. The Morgan fingerprint density at radius 2 is 2.04 bits per heavy atom. The van der Waals surface area contributed by atoms with Crippen molar-refractivity contribution >= 4 is 44.7 Å². The number of thiophene rings is 2. The maximum Gasteiger partial charge on any atom is 0.244 e. The summed E-state index contributed by atoms with van der Waals surface area (Å²) in [5, 5.41) is 8.49. The zero-order valence-electron chi connectivity index (χ0n) is 13.7. The molecule has 2 heterocycles. The molecule has 3 rings (SSSR count). The van der Waals surface area contributed by atoms with Crippen LogP contribution in [0.5, 0.6) is 0 Å². The number of hydrogen-bond acceptors (Lipinski definition) is 4. The largest absolute Gasteiger partial charge is 0.351 e. The Bertz CT molecular complexity index is 834. The molecule has 0 saturated carbocycles. The Balaban J connectivity index is 1.69. The first-order valence-corrected chi connectivity index (χ1v) is 9.53. The molecule has 3 nitrogen and oxygen atoms in total. The van der Waals surface area contributed by atoms with Gasteiger partial charge in [-0.05, 0) is 54.0 Å². The van der Waals surface area contributed by atoms with Crippen LogP contribution in [0.2, 0.25) is 0 Å². The van der Waals surface area contributed by atoms with E-state index in [0.29, 0.717) is 6.54 Å². The lowest BCUT2D eigenvalue weighted by molar-refractivity contribution is -0.116. The van der Waals surface area contributed by atoms with Crippen LogP contribution in [0.3, 0.4) is 0 Å². The first kappa shape index (κ1) is 16.9. The molecule has 0 fully saturated rings. The summed E-state index contributed by atoms with van der Waals surface area (Å²) in [5.74, 6) is -0.0604. The van der Waals surface area contributed by atoms with Crippen LogP contribution in [0, 0.1) is 0 Å².